The third kappa shape index (κ3) is 4.33. The lowest BCUT2D eigenvalue weighted by Gasteiger charge is -2.25. The van der Waals surface area contributed by atoms with Crippen LogP contribution in [0.5, 0.6) is 0 Å². The number of benzene rings is 1. The van der Waals surface area contributed by atoms with E-state index >= 15 is 0 Å². The van der Waals surface area contributed by atoms with E-state index in [1.54, 1.807) is 30.3 Å². The van der Waals surface area contributed by atoms with E-state index in [-0.39, 0.29) is 15.6 Å². The normalized spacial score (nSPS) is 16.7. The Labute approximate surface area is 157 Å². The predicted octanol–water partition coefficient (Wildman–Crippen LogP) is 1.56. The van der Waals surface area contributed by atoms with Gasteiger partial charge in [0.15, 0.2) is 0 Å². The number of morpholine rings is 1. The molecule has 1 aliphatic heterocycles. The summed E-state index contributed by atoms with van der Waals surface area (Å²) >= 11 is 1.07. The third-order valence-electron chi connectivity index (χ3n) is 3.97. The first-order valence-corrected chi connectivity index (χ1v) is 11.8. The molecule has 0 spiro atoms. The largest absolute Gasteiger partial charge is 0.379 e. The second-order valence-corrected chi connectivity index (χ2v) is 11.0. The average molecular weight is 417 g/mol. The number of hydrogen-bond donors (Lipinski definition) is 1. The molecule has 1 saturated heterocycles. The Morgan fingerprint density at radius 2 is 1.69 bits per heavy atom. The highest BCUT2D eigenvalue weighted by molar-refractivity contribution is 7.91. The van der Waals surface area contributed by atoms with Gasteiger partial charge in [-0.1, -0.05) is 17.7 Å². The standard InChI is InChI=1S/C16H20N2O5S3/c1-13-2-5-15(6-3-13)25(19,20)17-12-14-4-7-16(24-14)26(21,22)18-8-10-23-11-9-18/h2-7,17H,8-12H2,1H3. The lowest BCUT2D eigenvalue weighted by atomic mass is 10.2. The summed E-state index contributed by atoms with van der Waals surface area (Å²) in [7, 11) is -7.20. The van der Waals surface area contributed by atoms with Crippen LogP contribution in [0.4, 0.5) is 0 Å². The van der Waals surface area contributed by atoms with Crippen LogP contribution in [-0.2, 0) is 31.3 Å². The van der Waals surface area contributed by atoms with Gasteiger partial charge in [-0.15, -0.1) is 11.3 Å². The highest BCUT2D eigenvalue weighted by atomic mass is 32.2. The monoisotopic (exact) mass is 416 g/mol. The number of rotatable bonds is 6. The van der Waals surface area contributed by atoms with Gasteiger partial charge in [-0.3, -0.25) is 0 Å². The van der Waals surface area contributed by atoms with Gasteiger partial charge in [0.05, 0.1) is 18.1 Å². The van der Waals surface area contributed by atoms with Crippen molar-refractivity contribution in [3.63, 3.8) is 0 Å². The zero-order valence-electron chi connectivity index (χ0n) is 14.2. The molecule has 0 atom stereocenters. The smallest absolute Gasteiger partial charge is 0.252 e. The summed E-state index contributed by atoms with van der Waals surface area (Å²) in [6.07, 6.45) is 0. The number of thiophene rings is 1. The van der Waals surface area contributed by atoms with Gasteiger partial charge >= 0.3 is 0 Å². The highest BCUT2D eigenvalue weighted by Crippen LogP contribution is 2.26. The van der Waals surface area contributed by atoms with Crippen molar-refractivity contribution in [1.82, 2.24) is 9.03 Å². The molecule has 1 aromatic carbocycles. The Morgan fingerprint density at radius 3 is 2.35 bits per heavy atom. The first-order valence-electron chi connectivity index (χ1n) is 8.02. The van der Waals surface area contributed by atoms with Crippen molar-refractivity contribution < 1.29 is 21.6 Å². The third-order valence-corrected chi connectivity index (χ3v) is 8.84. The molecular formula is C16H20N2O5S3. The lowest BCUT2D eigenvalue weighted by molar-refractivity contribution is 0.0731. The number of aryl methyl sites for hydroxylation is 1. The topological polar surface area (TPSA) is 92.8 Å². The molecule has 0 bridgehead atoms. The SMILES string of the molecule is Cc1ccc(S(=O)(=O)NCc2ccc(S(=O)(=O)N3CCOCC3)s2)cc1. The Hall–Kier alpha value is -1.30. The van der Waals surface area contributed by atoms with Crippen molar-refractivity contribution in [2.24, 2.45) is 0 Å². The Kier molecular flexibility index (Phi) is 5.80. The van der Waals surface area contributed by atoms with E-state index in [9.17, 15) is 16.8 Å². The summed E-state index contributed by atoms with van der Waals surface area (Å²) in [5, 5.41) is 0. The van der Waals surface area contributed by atoms with E-state index in [0.717, 1.165) is 16.9 Å². The van der Waals surface area contributed by atoms with E-state index in [0.29, 0.717) is 31.2 Å². The van der Waals surface area contributed by atoms with Gasteiger partial charge in [0.1, 0.15) is 4.21 Å². The highest BCUT2D eigenvalue weighted by Gasteiger charge is 2.27. The minimum Gasteiger partial charge on any atom is -0.379 e. The van der Waals surface area contributed by atoms with Gasteiger partial charge in [-0.05, 0) is 31.2 Å². The maximum atomic E-state index is 12.6. The number of ether oxygens (including phenoxy) is 1. The molecule has 0 aliphatic carbocycles. The molecule has 2 aromatic rings. The van der Waals surface area contributed by atoms with Gasteiger partial charge in [0.2, 0.25) is 10.0 Å². The van der Waals surface area contributed by atoms with Crippen LogP contribution >= 0.6 is 11.3 Å². The molecule has 7 nitrogen and oxygen atoms in total. The quantitative estimate of drug-likeness (QED) is 0.771. The van der Waals surface area contributed by atoms with E-state index in [4.69, 9.17) is 4.74 Å². The molecule has 0 amide bonds. The second-order valence-electron chi connectivity index (χ2n) is 5.87. The van der Waals surface area contributed by atoms with Crippen molar-refractivity contribution in [2.45, 2.75) is 22.6 Å². The molecule has 1 fully saturated rings. The van der Waals surface area contributed by atoms with E-state index < -0.39 is 20.0 Å². The van der Waals surface area contributed by atoms with Crippen molar-refractivity contribution in [2.75, 3.05) is 26.3 Å². The van der Waals surface area contributed by atoms with Gasteiger partial charge in [0.25, 0.3) is 10.0 Å². The van der Waals surface area contributed by atoms with Crippen molar-refractivity contribution in [3.05, 3.63) is 46.8 Å². The Bertz CT molecular complexity index is 960. The van der Waals surface area contributed by atoms with Gasteiger partial charge < -0.3 is 4.74 Å². The summed E-state index contributed by atoms with van der Waals surface area (Å²) < 4.78 is 59.1. The summed E-state index contributed by atoms with van der Waals surface area (Å²) in [4.78, 5) is 0.813. The zero-order chi connectivity index (χ0) is 18.8. The number of sulfonamides is 2. The van der Waals surface area contributed by atoms with Crippen LogP contribution in [0.15, 0.2) is 45.5 Å². The average Bonchev–Trinajstić information content (AvgIpc) is 3.11. The summed E-state index contributed by atoms with van der Waals surface area (Å²) in [6.45, 7) is 3.35. The summed E-state index contributed by atoms with van der Waals surface area (Å²) in [5.41, 5.74) is 0.972. The van der Waals surface area contributed by atoms with Crippen LogP contribution < -0.4 is 4.72 Å². The zero-order valence-corrected chi connectivity index (χ0v) is 16.7. The molecule has 0 radical (unpaired) electrons. The van der Waals surface area contributed by atoms with Crippen molar-refractivity contribution >= 4 is 31.4 Å². The van der Waals surface area contributed by atoms with E-state index in [1.807, 2.05) is 6.92 Å². The Morgan fingerprint density at radius 1 is 1.04 bits per heavy atom. The van der Waals surface area contributed by atoms with Crippen LogP contribution in [0.2, 0.25) is 0 Å². The molecule has 1 aliphatic rings. The van der Waals surface area contributed by atoms with Crippen molar-refractivity contribution in [1.29, 1.82) is 0 Å². The molecule has 10 heteroatoms. The Balaban J connectivity index is 1.69. The minimum absolute atomic E-state index is 0.0412. The maximum Gasteiger partial charge on any atom is 0.252 e. The van der Waals surface area contributed by atoms with Crippen LogP contribution in [0, 0.1) is 6.92 Å². The van der Waals surface area contributed by atoms with Crippen LogP contribution in [-0.4, -0.2) is 47.4 Å². The molecule has 3 rings (SSSR count). The fraction of sp³-hybridized carbons (Fsp3) is 0.375. The predicted molar refractivity (Wildman–Crippen MR) is 99.1 cm³/mol. The number of nitrogens with zero attached hydrogens (tertiary/aromatic N) is 1. The summed E-state index contributed by atoms with van der Waals surface area (Å²) in [5.74, 6) is 0. The molecule has 0 saturated carbocycles. The molecule has 26 heavy (non-hydrogen) atoms. The maximum absolute atomic E-state index is 12.6. The fourth-order valence-electron chi connectivity index (χ4n) is 2.47. The first kappa shape index (κ1) is 19.5. The van der Waals surface area contributed by atoms with Crippen LogP contribution in [0.3, 0.4) is 0 Å². The first-order chi connectivity index (χ1) is 12.3. The molecule has 142 valence electrons. The van der Waals surface area contributed by atoms with Gasteiger partial charge in [0, 0.05) is 24.5 Å². The van der Waals surface area contributed by atoms with E-state index in [2.05, 4.69) is 4.72 Å². The molecule has 0 unspecified atom stereocenters. The number of nitrogens with one attached hydrogen (secondary N) is 1. The summed E-state index contributed by atoms with van der Waals surface area (Å²) in [6, 6.07) is 9.70. The van der Waals surface area contributed by atoms with Gasteiger partial charge in [-0.25, -0.2) is 21.6 Å². The molecule has 1 N–H and O–H groups in total. The van der Waals surface area contributed by atoms with Crippen LogP contribution in [0.1, 0.15) is 10.4 Å². The number of hydrogen-bond acceptors (Lipinski definition) is 6. The molecular weight excluding hydrogens is 396 g/mol. The van der Waals surface area contributed by atoms with Crippen LogP contribution in [0.25, 0.3) is 0 Å². The second kappa shape index (κ2) is 7.75. The van der Waals surface area contributed by atoms with E-state index in [1.165, 1.54) is 10.4 Å². The fourth-order valence-corrected chi connectivity index (χ4v) is 6.43. The molecule has 2 heterocycles. The lowest BCUT2D eigenvalue weighted by Crippen LogP contribution is -2.40. The molecule has 1 aromatic heterocycles. The minimum atomic E-state index is -3.64. The van der Waals surface area contributed by atoms with Gasteiger partial charge in [-0.2, -0.15) is 4.31 Å². The van der Waals surface area contributed by atoms with Crippen molar-refractivity contribution in [3.8, 4) is 0 Å².